The van der Waals surface area contributed by atoms with Gasteiger partial charge in [-0.05, 0) is 30.7 Å². The Morgan fingerprint density at radius 3 is 2.55 bits per heavy atom. The highest BCUT2D eigenvalue weighted by atomic mass is 16.3. The Kier molecular flexibility index (Phi) is 4.09. The summed E-state index contributed by atoms with van der Waals surface area (Å²) in [6, 6.07) is 11.3. The van der Waals surface area contributed by atoms with E-state index in [9.17, 15) is 5.11 Å². The molecule has 0 atom stereocenters. The quantitative estimate of drug-likeness (QED) is 0.896. The first-order valence-electron chi connectivity index (χ1n) is 6.71. The Labute approximate surface area is 120 Å². The lowest BCUT2D eigenvalue weighted by molar-refractivity contribution is 0.444. The highest BCUT2D eigenvalue weighted by Crippen LogP contribution is 2.37. The molecular weight excluding hydrogens is 248 g/mol. The fraction of sp³-hybridized carbons (Fsp3) is 0.294. The zero-order valence-electron chi connectivity index (χ0n) is 11.9. The number of nitrogens with two attached hydrogens (primary N) is 1. The van der Waals surface area contributed by atoms with Crippen LogP contribution in [-0.4, -0.2) is 16.6 Å². The Morgan fingerprint density at radius 2 is 1.90 bits per heavy atom. The van der Waals surface area contributed by atoms with Crippen molar-refractivity contribution in [1.82, 2.24) is 4.98 Å². The predicted molar refractivity (Wildman–Crippen MR) is 80.6 cm³/mol. The molecule has 1 aromatic carbocycles. The van der Waals surface area contributed by atoms with Crippen LogP contribution in [0.4, 0.5) is 0 Å². The molecule has 0 amide bonds. The molecule has 20 heavy (non-hydrogen) atoms. The number of aromatic nitrogens is 1. The highest BCUT2D eigenvalue weighted by molar-refractivity contribution is 5.48. The second kappa shape index (κ2) is 5.63. The largest absolute Gasteiger partial charge is 0.507 e. The van der Waals surface area contributed by atoms with Crippen LogP contribution in [0.5, 0.6) is 5.75 Å². The topological polar surface area (TPSA) is 59.1 Å². The molecule has 0 spiro atoms. The van der Waals surface area contributed by atoms with E-state index < -0.39 is 5.41 Å². The lowest BCUT2D eigenvalue weighted by atomic mass is 9.79. The van der Waals surface area contributed by atoms with E-state index in [4.69, 9.17) is 12.7 Å². The minimum atomic E-state index is -0.427. The molecule has 1 heterocycles. The Bertz CT molecular complexity index is 606. The van der Waals surface area contributed by atoms with Gasteiger partial charge in [0.2, 0.25) is 0 Å². The molecule has 2 aromatic rings. The maximum Gasteiger partial charge on any atom is 0.122 e. The number of hydrogen-bond acceptors (Lipinski definition) is 3. The Morgan fingerprint density at radius 1 is 1.20 bits per heavy atom. The van der Waals surface area contributed by atoms with Gasteiger partial charge in [-0.25, -0.2) is 0 Å². The van der Waals surface area contributed by atoms with E-state index in [0.29, 0.717) is 24.4 Å². The fourth-order valence-electron chi connectivity index (χ4n) is 2.39. The molecule has 0 saturated heterocycles. The minimum Gasteiger partial charge on any atom is -0.507 e. The van der Waals surface area contributed by atoms with Crippen molar-refractivity contribution in [2.75, 3.05) is 6.54 Å². The fourth-order valence-corrected chi connectivity index (χ4v) is 2.39. The van der Waals surface area contributed by atoms with Gasteiger partial charge in [-0.3, -0.25) is 4.98 Å². The van der Waals surface area contributed by atoms with E-state index in [-0.39, 0.29) is 0 Å². The average molecular weight is 268 g/mol. The molecule has 0 aliphatic heterocycles. The molecule has 3 heteroatoms. The number of rotatable bonds is 4. The molecule has 0 fully saturated rings. The van der Waals surface area contributed by atoms with Crippen LogP contribution in [0.25, 0.3) is 0 Å². The summed E-state index contributed by atoms with van der Waals surface area (Å²) in [5.41, 5.74) is 8.16. The molecule has 3 N–H and O–H groups in total. The SMILES string of the molecule is [CH]c1cccc(C(C)(C)c2cccc(CCN)c2O)n1. The van der Waals surface area contributed by atoms with Crippen LogP contribution in [0, 0.1) is 6.92 Å². The molecule has 1 aromatic heterocycles. The van der Waals surface area contributed by atoms with E-state index in [1.54, 1.807) is 6.07 Å². The number of hydrogen-bond donors (Lipinski definition) is 2. The first-order valence-corrected chi connectivity index (χ1v) is 6.71. The summed E-state index contributed by atoms with van der Waals surface area (Å²) in [4.78, 5) is 4.38. The van der Waals surface area contributed by atoms with Crippen molar-refractivity contribution in [2.24, 2.45) is 5.73 Å². The second-order valence-electron chi connectivity index (χ2n) is 5.42. The van der Waals surface area contributed by atoms with Crippen molar-refractivity contribution < 1.29 is 5.11 Å². The van der Waals surface area contributed by atoms with E-state index in [1.165, 1.54) is 0 Å². The maximum absolute atomic E-state index is 10.5. The van der Waals surface area contributed by atoms with Crippen molar-refractivity contribution in [1.29, 1.82) is 0 Å². The van der Waals surface area contributed by atoms with Crippen molar-refractivity contribution in [3.63, 3.8) is 0 Å². The molecule has 0 aliphatic carbocycles. The summed E-state index contributed by atoms with van der Waals surface area (Å²) in [6.45, 7) is 10.3. The maximum atomic E-state index is 10.5. The van der Waals surface area contributed by atoms with Crippen LogP contribution in [0.1, 0.15) is 36.4 Å². The third-order valence-corrected chi connectivity index (χ3v) is 3.62. The van der Waals surface area contributed by atoms with Gasteiger partial charge in [0, 0.05) is 23.6 Å². The Balaban J connectivity index is 2.51. The van der Waals surface area contributed by atoms with Crippen LogP contribution < -0.4 is 5.73 Å². The molecule has 2 radical (unpaired) electrons. The highest BCUT2D eigenvalue weighted by Gasteiger charge is 2.28. The summed E-state index contributed by atoms with van der Waals surface area (Å²) < 4.78 is 0. The second-order valence-corrected chi connectivity index (χ2v) is 5.42. The molecule has 3 nitrogen and oxygen atoms in total. The van der Waals surface area contributed by atoms with Gasteiger partial charge in [-0.15, -0.1) is 0 Å². The average Bonchev–Trinajstić information content (AvgIpc) is 2.41. The summed E-state index contributed by atoms with van der Waals surface area (Å²) >= 11 is 0. The van der Waals surface area contributed by atoms with Gasteiger partial charge >= 0.3 is 0 Å². The molecular formula is C17H20N2O. The lowest BCUT2D eigenvalue weighted by Gasteiger charge is -2.27. The van der Waals surface area contributed by atoms with Crippen molar-refractivity contribution in [2.45, 2.75) is 25.7 Å². The van der Waals surface area contributed by atoms with Crippen molar-refractivity contribution >= 4 is 0 Å². The zero-order valence-corrected chi connectivity index (χ0v) is 11.9. The van der Waals surface area contributed by atoms with Gasteiger partial charge in [0.1, 0.15) is 5.75 Å². The van der Waals surface area contributed by atoms with Gasteiger partial charge in [-0.1, -0.05) is 38.1 Å². The number of phenolic OH excluding ortho intramolecular Hbond substituents is 1. The normalized spacial score (nSPS) is 11.6. The number of phenols is 1. The summed E-state index contributed by atoms with van der Waals surface area (Å²) in [7, 11) is 0. The molecule has 0 bridgehead atoms. The van der Waals surface area contributed by atoms with Crippen LogP contribution in [0.3, 0.4) is 0 Å². The number of benzene rings is 1. The van der Waals surface area contributed by atoms with E-state index >= 15 is 0 Å². The van der Waals surface area contributed by atoms with Crippen LogP contribution in [0.15, 0.2) is 36.4 Å². The van der Waals surface area contributed by atoms with E-state index in [1.807, 2.05) is 44.2 Å². The third kappa shape index (κ3) is 2.68. The summed E-state index contributed by atoms with van der Waals surface area (Å²) in [5, 5.41) is 10.5. The van der Waals surface area contributed by atoms with Crippen molar-refractivity contribution in [3.05, 3.63) is 65.8 Å². The van der Waals surface area contributed by atoms with Crippen LogP contribution in [0.2, 0.25) is 0 Å². The number of para-hydroxylation sites is 1. The Hall–Kier alpha value is -1.87. The van der Waals surface area contributed by atoms with E-state index in [2.05, 4.69) is 4.98 Å². The summed E-state index contributed by atoms with van der Waals surface area (Å²) in [5.74, 6) is 0.298. The molecule has 0 unspecified atom stereocenters. The van der Waals surface area contributed by atoms with Gasteiger partial charge in [-0.2, -0.15) is 0 Å². The monoisotopic (exact) mass is 268 g/mol. The standard InChI is InChI=1S/C17H20N2O/c1-12-6-4-9-15(19-12)17(2,3)14-8-5-7-13(10-11-18)16(14)20/h1,4-9,20H,10-11,18H2,2-3H3. The van der Waals surface area contributed by atoms with E-state index in [0.717, 1.165) is 16.8 Å². The number of aromatic hydroxyl groups is 1. The van der Waals surface area contributed by atoms with Crippen molar-refractivity contribution in [3.8, 4) is 5.75 Å². The van der Waals surface area contributed by atoms with Crippen LogP contribution in [-0.2, 0) is 11.8 Å². The molecule has 104 valence electrons. The number of nitrogens with zero attached hydrogens (tertiary/aromatic N) is 1. The zero-order chi connectivity index (χ0) is 14.8. The smallest absolute Gasteiger partial charge is 0.122 e. The first-order chi connectivity index (χ1) is 9.46. The van der Waals surface area contributed by atoms with Crippen LogP contribution >= 0.6 is 0 Å². The number of pyridine rings is 1. The van der Waals surface area contributed by atoms with Gasteiger partial charge < -0.3 is 10.8 Å². The predicted octanol–water partition coefficient (Wildman–Crippen LogP) is 2.67. The first kappa shape index (κ1) is 14.5. The summed E-state index contributed by atoms with van der Waals surface area (Å²) in [6.07, 6.45) is 0.653. The molecule has 0 aliphatic rings. The van der Waals surface area contributed by atoms with Gasteiger partial charge in [0.05, 0.1) is 5.69 Å². The lowest BCUT2D eigenvalue weighted by Crippen LogP contribution is -2.21. The third-order valence-electron chi connectivity index (χ3n) is 3.62. The van der Waals surface area contributed by atoms with Gasteiger partial charge in [0.15, 0.2) is 0 Å². The molecule has 0 saturated carbocycles. The van der Waals surface area contributed by atoms with Gasteiger partial charge in [0.25, 0.3) is 0 Å². The minimum absolute atomic E-state index is 0.298. The molecule has 2 rings (SSSR count).